The van der Waals surface area contributed by atoms with E-state index >= 15 is 0 Å². The highest BCUT2D eigenvalue weighted by molar-refractivity contribution is 5.91. The summed E-state index contributed by atoms with van der Waals surface area (Å²) in [7, 11) is 3.32. The van der Waals surface area contributed by atoms with Gasteiger partial charge >= 0.3 is 0 Å². The summed E-state index contributed by atoms with van der Waals surface area (Å²) in [4.78, 5) is 21.4. The SMILES string of the molecule is COc1ccc(OC)c(CN(CCN2CCOCC2)Cc2nc(C(=O)NCC(C)C)co2)c1. The van der Waals surface area contributed by atoms with E-state index in [2.05, 4.69) is 20.1 Å². The number of hydrogen-bond donors (Lipinski definition) is 1. The fourth-order valence-electron chi connectivity index (χ4n) is 3.63. The second-order valence-corrected chi connectivity index (χ2v) is 8.57. The molecule has 1 aromatic carbocycles. The highest BCUT2D eigenvalue weighted by Crippen LogP contribution is 2.26. The highest BCUT2D eigenvalue weighted by atomic mass is 16.5. The smallest absolute Gasteiger partial charge is 0.273 e. The second kappa shape index (κ2) is 12.6. The molecule has 1 aromatic heterocycles. The molecule has 0 aliphatic carbocycles. The van der Waals surface area contributed by atoms with Gasteiger partial charge in [-0.2, -0.15) is 0 Å². The van der Waals surface area contributed by atoms with Gasteiger partial charge in [0.15, 0.2) is 5.69 Å². The lowest BCUT2D eigenvalue weighted by atomic mass is 10.1. The van der Waals surface area contributed by atoms with Gasteiger partial charge in [-0.1, -0.05) is 13.8 Å². The van der Waals surface area contributed by atoms with Crippen molar-refractivity contribution in [1.82, 2.24) is 20.1 Å². The first-order chi connectivity index (χ1) is 16.0. The predicted octanol–water partition coefficient (Wildman–Crippen LogP) is 2.41. The summed E-state index contributed by atoms with van der Waals surface area (Å²) < 4.78 is 22.1. The van der Waals surface area contributed by atoms with Gasteiger partial charge in [0.1, 0.15) is 17.8 Å². The molecular formula is C24H36N4O5. The van der Waals surface area contributed by atoms with Gasteiger partial charge in [-0.05, 0) is 24.1 Å². The lowest BCUT2D eigenvalue weighted by Gasteiger charge is -2.30. The third-order valence-corrected chi connectivity index (χ3v) is 5.53. The summed E-state index contributed by atoms with van der Waals surface area (Å²) in [5.74, 6) is 2.24. The lowest BCUT2D eigenvalue weighted by Crippen LogP contribution is -2.41. The Balaban J connectivity index is 1.71. The molecule has 0 radical (unpaired) electrons. The van der Waals surface area contributed by atoms with Crippen LogP contribution < -0.4 is 14.8 Å². The maximum atomic E-state index is 12.3. The topological polar surface area (TPSA) is 89.3 Å². The summed E-state index contributed by atoms with van der Waals surface area (Å²) in [6.45, 7) is 10.9. The number of aromatic nitrogens is 1. The molecule has 1 aliphatic rings. The molecule has 1 N–H and O–H groups in total. The van der Waals surface area contributed by atoms with Crippen LogP contribution in [0.15, 0.2) is 28.9 Å². The predicted molar refractivity (Wildman–Crippen MR) is 125 cm³/mol. The molecule has 0 atom stereocenters. The van der Waals surface area contributed by atoms with Crippen molar-refractivity contribution in [2.45, 2.75) is 26.9 Å². The molecule has 0 bridgehead atoms. The van der Waals surface area contributed by atoms with E-state index in [9.17, 15) is 4.79 Å². The zero-order valence-electron chi connectivity index (χ0n) is 20.1. The van der Waals surface area contributed by atoms with E-state index in [1.807, 2.05) is 32.0 Å². The van der Waals surface area contributed by atoms with Gasteiger partial charge in [0.25, 0.3) is 5.91 Å². The molecule has 0 unspecified atom stereocenters. The largest absolute Gasteiger partial charge is 0.497 e. The van der Waals surface area contributed by atoms with Crippen LogP contribution in [-0.4, -0.2) is 80.8 Å². The normalized spacial score (nSPS) is 14.6. The number of rotatable bonds is 12. The van der Waals surface area contributed by atoms with Crippen molar-refractivity contribution in [2.24, 2.45) is 5.92 Å². The Morgan fingerprint density at radius 2 is 2.00 bits per heavy atom. The zero-order valence-corrected chi connectivity index (χ0v) is 20.1. The van der Waals surface area contributed by atoms with Gasteiger partial charge < -0.3 is 23.9 Å². The molecule has 0 spiro atoms. The highest BCUT2D eigenvalue weighted by Gasteiger charge is 2.19. The first kappa shape index (κ1) is 25.0. The molecule has 3 rings (SSSR count). The third-order valence-electron chi connectivity index (χ3n) is 5.53. The first-order valence-corrected chi connectivity index (χ1v) is 11.4. The van der Waals surface area contributed by atoms with Crippen molar-refractivity contribution < 1.29 is 23.4 Å². The molecule has 0 saturated carbocycles. The minimum atomic E-state index is -0.215. The van der Waals surface area contributed by atoms with Crippen LogP contribution in [0.2, 0.25) is 0 Å². The van der Waals surface area contributed by atoms with Gasteiger partial charge in [0, 0.05) is 44.8 Å². The molecule has 9 heteroatoms. The van der Waals surface area contributed by atoms with Crippen LogP contribution in [0.25, 0.3) is 0 Å². The van der Waals surface area contributed by atoms with Gasteiger partial charge in [-0.25, -0.2) is 4.98 Å². The summed E-state index contributed by atoms with van der Waals surface area (Å²) >= 11 is 0. The Morgan fingerprint density at radius 1 is 1.21 bits per heavy atom. The monoisotopic (exact) mass is 460 g/mol. The Morgan fingerprint density at radius 3 is 2.70 bits per heavy atom. The van der Waals surface area contributed by atoms with E-state index in [1.54, 1.807) is 14.2 Å². The zero-order chi connectivity index (χ0) is 23.6. The molecule has 182 valence electrons. The van der Waals surface area contributed by atoms with Crippen LogP contribution in [0.3, 0.4) is 0 Å². The molecule has 1 fully saturated rings. The van der Waals surface area contributed by atoms with Gasteiger partial charge in [-0.3, -0.25) is 14.6 Å². The number of amides is 1. The number of nitrogens with one attached hydrogen (secondary N) is 1. The van der Waals surface area contributed by atoms with E-state index in [-0.39, 0.29) is 5.91 Å². The average molecular weight is 461 g/mol. The number of ether oxygens (including phenoxy) is 3. The number of benzene rings is 1. The number of hydrogen-bond acceptors (Lipinski definition) is 8. The van der Waals surface area contributed by atoms with Gasteiger partial charge in [0.05, 0.1) is 34.0 Å². The number of nitrogens with zero attached hydrogens (tertiary/aromatic N) is 3. The van der Waals surface area contributed by atoms with Crippen molar-refractivity contribution in [1.29, 1.82) is 0 Å². The molecular weight excluding hydrogens is 424 g/mol. The van der Waals surface area contributed by atoms with Crippen molar-refractivity contribution >= 4 is 5.91 Å². The average Bonchev–Trinajstić information content (AvgIpc) is 3.30. The number of carbonyl (C=O) groups excluding carboxylic acids is 1. The van der Waals surface area contributed by atoms with Crippen molar-refractivity contribution in [3.05, 3.63) is 41.6 Å². The number of oxazole rings is 1. The first-order valence-electron chi connectivity index (χ1n) is 11.4. The summed E-state index contributed by atoms with van der Waals surface area (Å²) in [5.41, 5.74) is 1.32. The number of methoxy groups -OCH3 is 2. The molecule has 2 aromatic rings. The summed E-state index contributed by atoms with van der Waals surface area (Å²) in [5, 5.41) is 2.88. The van der Waals surface area contributed by atoms with Crippen molar-refractivity contribution in [2.75, 3.05) is 60.2 Å². The minimum Gasteiger partial charge on any atom is -0.497 e. The maximum absolute atomic E-state index is 12.3. The van der Waals surface area contributed by atoms with Gasteiger partial charge in [-0.15, -0.1) is 0 Å². The van der Waals surface area contributed by atoms with E-state index in [0.717, 1.165) is 56.5 Å². The molecule has 33 heavy (non-hydrogen) atoms. The molecule has 1 amide bonds. The van der Waals surface area contributed by atoms with E-state index < -0.39 is 0 Å². The summed E-state index contributed by atoms with van der Waals surface area (Å²) in [6, 6.07) is 5.79. The molecule has 1 aliphatic heterocycles. The minimum absolute atomic E-state index is 0.215. The number of morpholine rings is 1. The lowest BCUT2D eigenvalue weighted by molar-refractivity contribution is 0.0320. The molecule has 9 nitrogen and oxygen atoms in total. The van der Waals surface area contributed by atoms with Crippen LogP contribution in [0, 0.1) is 5.92 Å². The van der Waals surface area contributed by atoms with Gasteiger partial charge in [0.2, 0.25) is 5.89 Å². The van der Waals surface area contributed by atoms with Crippen LogP contribution in [0.1, 0.15) is 35.8 Å². The molecule has 2 heterocycles. The Hall–Kier alpha value is -2.62. The third kappa shape index (κ3) is 7.73. The fourth-order valence-corrected chi connectivity index (χ4v) is 3.63. The van der Waals surface area contributed by atoms with Crippen molar-refractivity contribution in [3.8, 4) is 11.5 Å². The fraction of sp³-hybridized carbons (Fsp3) is 0.583. The Kier molecular flexibility index (Phi) is 9.53. The number of carbonyl (C=O) groups is 1. The van der Waals surface area contributed by atoms with Crippen LogP contribution in [0.4, 0.5) is 0 Å². The summed E-state index contributed by atoms with van der Waals surface area (Å²) in [6.07, 6.45) is 1.43. The molecule has 1 saturated heterocycles. The van der Waals surface area contributed by atoms with Crippen LogP contribution in [0.5, 0.6) is 11.5 Å². The van der Waals surface area contributed by atoms with Crippen molar-refractivity contribution in [3.63, 3.8) is 0 Å². The van der Waals surface area contributed by atoms with Crippen LogP contribution >= 0.6 is 0 Å². The second-order valence-electron chi connectivity index (χ2n) is 8.57. The maximum Gasteiger partial charge on any atom is 0.273 e. The quantitative estimate of drug-likeness (QED) is 0.517. The van der Waals surface area contributed by atoms with E-state index in [0.29, 0.717) is 37.1 Å². The standard InChI is InChI=1S/C24H36N4O5/c1-18(2)14-25-24(29)21-17-33-23(26-21)16-28(8-7-27-9-11-32-12-10-27)15-19-13-20(30-3)5-6-22(19)31-4/h5-6,13,17-18H,7-12,14-16H2,1-4H3,(H,25,29). The Bertz CT molecular complexity index is 879. The van der Waals surface area contributed by atoms with E-state index in [1.165, 1.54) is 6.26 Å². The van der Waals surface area contributed by atoms with Crippen LogP contribution in [-0.2, 0) is 17.8 Å². The Labute approximate surface area is 196 Å². The van der Waals surface area contributed by atoms with E-state index in [4.69, 9.17) is 18.6 Å².